The van der Waals surface area contributed by atoms with Crippen LogP contribution in [0.15, 0.2) is 12.2 Å². The smallest absolute Gasteiger partial charge is 0.338 e. The van der Waals surface area contributed by atoms with Crippen molar-refractivity contribution in [3.05, 3.63) is 12.2 Å². The zero-order valence-corrected chi connectivity index (χ0v) is 20.7. The molecule has 2 amide bonds. The summed E-state index contributed by atoms with van der Waals surface area (Å²) in [5, 5.41) is 5.94. The Labute approximate surface area is 196 Å². The highest BCUT2D eigenvalue weighted by Gasteiger charge is 2.19. The van der Waals surface area contributed by atoms with E-state index >= 15 is 0 Å². The maximum absolute atomic E-state index is 12.6. The van der Waals surface area contributed by atoms with Crippen molar-refractivity contribution in [3.8, 4) is 0 Å². The first-order valence-electron chi connectivity index (χ1n) is 12.8. The standard InChI is InChI=1S/C25H49N5O2/c1-3-5-7-9-10-11-12-13-14-19-23(31)30-22(18-15-17-21-29-25(26)27)24(32)28-20-16-8-6-4-2/h9-10,22H,3-8,11-21H2,1-2H3,(H,28,32)(H,30,31)(H4,26,27,29)/p+1/b10-9+. The van der Waals surface area contributed by atoms with Crippen LogP contribution >= 0.6 is 0 Å². The van der Waals surface area contributed by atoms with E-state index in [0.717, 1.165) is 57.8 Å². The predicted octanol–water partition coefficient (Wildman–Crippen LogP) is 2.39. The molecule has 7 heteroatoms. The Morgan fingerprint density at radius 2 is 1.53 bits per heavy atom. The molecule has 0 aromatic rings. The molecule has 0 aliphatic heterocycles. The highest BCUT2D eigenvalue weighted by Crippen LogP contribution is 2.07. The second kappa shape index (κ2) is 22.2. The largest absolute Gasteiger partial charge is 0.354 e. The Kier molecular flexibility index (Phi) is 20.7. The minimum absolute atomic E-state index is 0.0349. The normalized spacial score (nSPS) is 11.9. The van der Waals surface area contributed by atoms with Crippen LogP contribution in [0.4, 0.5) is 0 Å². The maximum atomic E-state index is 12.6. The topological polar surface area (TPSA) is 124 Å². The minimum Gasteiger partial charge on any atom is -0.354 e. The van der Waals surface area contributed by atoms with E-state index < -0.39 is 6.04 Å². The van der Waals surface area contributed by atoms with Crippen molar-refractivity contribution in [1.29, 1.82) is 0 Å². The zero-order chi connectivity index (χ0) is 23.9. The van der Waals surface area contributed by atoms with E-state index in [1.54, 1.807) is 0 Å². The van der Waals surface area contributed by atoms with Gasteiger partial charge in [-0.3, -0.25) is 26.0 Å². The maximum Gasteiger partial charge on any atom is 0.338 e. The summed E-state index contributed by atoms with van der Waals surface area (Å²) in [4.78, 5) is 27.9. The number of nitrogens with two attached hydrogens (primary N) is 2. The molecule has 0 aliphatic rings. The van der Waals surface area contributed by atoms with Crippen molar-refractivity contribution < 1.29 is 14.6 Å². The molecule has 0 bridgehead atoms. The monoisotopic (exact) mass is 452 g/mol. The molecule has 0 saturated heterocycles. The molecule has 7 nitrogen and oxygen atoms in total. The number of amides is 2. The van der Waals surface area contributed by atoms with Gasteiger partial charge < -0.3 is 10.6 Å². The van der Waals surface area contributed by atoms with Crippen molar-refractivity contribution in [1.82, 2.24) is 10.6 Å². The summed E-state index contributed by atoms with van der Waals surface area (Å²) >= 11 is 0. The Morgan fingerprint density at radius 3 is 2.22 bits per heavy atom. The van der Waals surface area contributed by atoms with Crippen LogP contribution in [0.5, 0.6) is 0 Å². The zero-order valence-electron chi connectivity index (χ0n) is 20.7. The molecule has 0 heterocycles. The summed E-state index contributed by atoms with van der Waals surface area (Å²) in [5.41, 5.74) is 10.8. The number of allylic oxidation sites excluding steroid dienone is 2. The van der Waals surface area contributed by atoms with Crippen LogP contribution in [0, 0.1) is 0 Å². The number of unbranched alkanes of at least 4 members (excludes halogenated alkanes) is 9. The van der Waals surface area contributed by atoms with Gasteiger partial charge in [-0.05, 0) is 51.4 Å². The van der Waals surface area contributed by atoms with Crippen LogP contribution in [0.1, 0.15) is 110 Å². The number of hydrogen-bond donors (Lipinski definition) is 5. The summed E-state index contributed by atoms with van der Waals surface area (Å²) in [6.45, 7) is 5.69. The highest BCUT2D eigenvalue weighted by molar-refractivity contribution is 5.87. The molecular formula is C25H50N5O2+. The first-order chi connectivity index (χ1) is 15.5. The van der Waals surface area contributed by atoms with E-state index in [9.17, 15) is 9.59 Å². The van der Waals surface area contributed by atoms with Crippen LogP contribution in [0.3, 0.4) is 0 Å². The van der Waals surface area contributed by atoms with Crippen molar-refractivity contribution >= 4 is 17.8 Å². The molecule has 1 unspecified atom stereocenters. The van der Waals surface area contributed by atoms with Crippen LogP contribution < -0.4 is 27.1 Å². The molecule has 0 aromatic heterocycles. The molecule has 32 heavy (non-hydrogen) atoms. The number of rotatable bonds is 21. The Bertz CT molecular complexity index is 530. The van der Waals surface area contributed by atoms with E-state index in [1.165, 1.54) is 25.7 Å². The summed E-state index contributed by atoms with van der Waals surface area (Å²) in [6.07, 6.45) is 19.4. The molecule has 1 atom stereocenters. The van der Waals surface area contributed by atoms with Crippen molar-refractivity contribution in [3.63, 3.8) is 0 Å². The second-order valence-electron chi connectivity index (χ2n) is 8.56. The van der Waals surface area contributed by atoms with E-state index in [0.29, 0.717) is 25.9 Å². The number of nitrogens with one attached hydrogen (secondary N) is 3. The average molecular weight is 453 g/mol. The third-order valence-corrected chi connectivity index (χ3v) is 5.40. The molecule has 0 aromatic carbocycles. The molecule has 0 aliphatic carbocycles. The molecule has 186 valence electrons. The van der Waals surface area contributed by atoms with Gasteiger partial charge in [0.1, 0.15) is 6.04 Å². The molecule has 0 fully saturated rings. The van der Waals surface area contributed by atoms with Gasteiger partial charge in [0.15, 0.2) is 0 Å². The van der Waals surface area contributed by atoms with Crippen LogP contribution in [0.2, 0.25) is 0 Å². The van der Waals surface area contributed by atoms with E-state index in [-0.39, 0.29) is 17.8 Å². The van der Waals surface area contributed by atoms with Crippen LogP contribution in [-0.4, -0.2) is 36.9 Å². The predicted molar refractivity (Wildman–Crippen MR) is 134 cm³/mol. The molecular weight excluding hydrogens is 402 g/mol. The van der Waals surface area contributed by atoms with E-state index in [2.05, 4.69) is 41.6 Å². The Hall–Kier alpha value is -2.05. The summed E-state index contributed by atoms with van der Waals surface area (Å²) in [7, 11) is 0. The lowest BCUT2D eigenvalue weighted by molar-refractivity contribution is -0.459. The molecule has 0 rings (SSSR count). The van der Waals surface area contributed by atoms with Gasteiger partial charge in [0.2, 0.25) is 11.8 Å². The summed E-state index contributed by atoms with van der Waals surface area (Å²) in [6, 6.07) is -0.477. The summed E-state index contributed by atoms with van der Waals surface area (Å²) < 4.78 is 0. The van der Waals surface area contributed by atoms with Crippen molar-refractivity contribution in [2.75, 3.05) is 13.1 Å². The van der Waals surface area contributed by atoms with Gasteiger partial charge in [0.05, 0.1) is 6.54 Å². The van der Waals surface area contributed by atoms with Gasteiger partial charge in [0.25, 0.3) is 0 Å². The van der Waals surface area contributed by atoms with Crippen LogP contribution in [-0.2, 0) is 9.59 Å². The van der Waals surface area contributed by atoms with Crippen molar-refractivity contribution in [2.45, 2.75) is 116 Å². The third-order valence-electron chi connectivity index (χ3n) is 5.40. The SMILES string of the molecule is CCCC/C=C/CCCCCC(=O)NC(CCCC[NH+]=C(N)N)C(=O)NCCCCCC. The molecule has 0 radical (unpaired) electrons. The van der Waals surface area contributed by atoms with E-state index in [4.69, 9.17) is 11.5 Å². The fraction of sp³-hybridized carbons (Fsp3) is 0.800. The summed E-state index contributed by atoms with van der Waals surface area (Å²) in [5.74, 6) is 0.0910. The molecule has 0 saturated carbocycles. The number of carbonyl (C=O) groups is 2. The van der Waals surface area contributed by atoms with Gasteiger partial charge in [-0.1, -0.05) is 64.5 Å². The second-order valence-corrected chi connectivity index (χ2v) is 8.56. The van der Waals surface area contributed by atoms with Crippen LogP contribution in [0.25, 0.3) is 0 Å². The lowest BCUT2D eigenvalue weighted by atomic mass is 10.1. The minimum atomic E-state index is -0.477. The Morgan fingerprint density at radius 1 is 0.844 bits per heavy atom. The van der Waals surface area contributed by atoms with Gasteiger partial charge in [-0.15, -0.1) is 0 Å². The Balaban J connectivity index is 4.28. The van der Waals surface area contributed by atoms with Crippen molar-refractivity contribution in [2.24, 2.45) is 11.5 Å². The number of carbonyl (C=O) groups excluding carboxylic acids is 2. The fourth-order valence-electron chi connectivity index (χ4n) is 3.41. The van der Waals surface area contributed by atoms with Gasteiger partial charge in [-0.2, -0.15) is 0 Å². The van der Waals surface area contributed by atoms with Gasteiger partial charge in [-0.25, -0.2) is 0 Å². The fourth-order valence-corrected chi connectivity index (χ4v) is 3.41. The number of guanidine groups is 1. The average Bonchev–Trinajstić information content (AvgIpc) is 2.76. The van der Waals surface area contributed by atoms with Gasteiger partial charge in [0, 0.05) is 13.0 Å². The third kappa shape index (κ3) is 19.9. The number of hydrogen-bond acceptors (Lipinski definition) is 2. The van der Waals surface area contributed by atoms with Gasteiger partial charge >= 0.3 is 5.96 Å². The molecule has 7 N–H and O–H groups in total. The molecule has 0 spiro atoms. The lowest BCUT2D eigenvalue weighted by Crippen LogP contribution is -2.78. The first-order valence-corrected chi connectivity index (χ1v) is 12.8. The quantitative estimate of drug-likeness (QED) is 0.0793. The highest BCUT2D eigenvalue weighted by atomic mass is 16.2. The lowest BCUT2D eigenvalue weighted by Gasteiger charge is -2.18. The first kappa shape index (κ1) is 29.9. The van der Waals surface area contributed by atoms with E-state index in [1.807, 2.05) is 0 Å².